The topological polar surface area (TPSA) is 91.5 Å². The molecular formula is C24H24F6N4O3. The van der Waals surface area contributed by atoms with Crippen molar-refractivity contribution in [3.63, 3.8) is 0 Å². The van der Waals surface area contributed by atoms with Crippen LogP contribution in [0.3, 0.4) is 0 Å². The molecule has 37 heavy (non-hydrogen) atoms. The van der Waals surface area contributed by atoms with Crippen molar-refractivity contribution in [2.24, 2.45) is 0 Å². The van der Waals surface area contributed by atoms with E-state index in [1.807, 2.05) is 0 Å². The number of fused-ring (bicyclic) bond motifs is 1. The molecule has 1 aliphatic rings. The molecule has 1 heterocycles. The Morgan fingerprint density at radius 3 is 2.46 bits per heavy atom. The summed E-state index contributed by atoms with van der Waals surface area (Å²) in [5.41, 5.74) is 4.02. The fourth-order valence-electron chi connectivity index (χ4n) is 3.97. The van der Waals surface area contributed by atoms with E-state index in [1.165, 1.54) is 7.11 Å². The predicted molar refractivity (Wildman–Crippen MR) is 123 cm³/mol. The van der Waals surface area contributed by atoms with E-state index in [4.69, 9.17) is 19.9 Å². The highest BCUT2D eigenvalue weighted by molar-refractivity contribution is 5.91. The number of nitrogens with two attached hydrogens (primary N) is 1. The number of nitrogens with zero attached hydrogens (tertiary/aromatic N) is 2. The molecule has 0 radical (unpaired) electrons. The third kappa shape index (κ3) is 6.09. The van der Waals surface area contributed by atoms with Crippen molar-refractivity contribution < 1.29 is 40.6 Å². The van der Waals surface area contributed by atoms with Crippen LogP contribution in [-0.4, -0.2) is 42.3 Å². The second kappa shape index (κ2) is 10.1. The highest BCUT2D eigenvalue weighted by atomic mass is 19.4. The number of benzene rings is 2. The molecule has 1 fully saturated rings. The molecule has 0 spiro atoms. The number of nitrogen functional groups attached to an aromatic ring is 1. The predicted octanol–water partition coefficient (Wildman–Crippen LogP) is 5.49. The zero-order valence-electron chi connectivity index (χ0n) is 19.9. The number of halogens is 6. The number of anilines is 2. The molecule has 2 aromatic carbocycles. The number of ether oxygens (including phenoxy) is 3. The van der Waals surface area contributed by atoms with Gasteiger partial charge in [-0.25, -0.2) is 23.1 Å². The number of nitrogens with one attached hydrogen (secondary N) is 1. The van der Waals surface area contributed by atoms with Crippen LogP contribution in [0.25, 0.3) is 10.9 Å². The van der Waals surface area contributed by atoms with E-state index in [0.29, 0.717) is 28.5 Å². The molecule has 3 N–H and O–H groups in total. The van der Waals surface area contributed by atoms with Crippen molar-refractivity contribution in [2.45, 2.75) is 44.5 Å². The minimum Gasteiger partial charge on any atom is -0.493 e. The van der Waals surface area contributed by atoms with Crippen LogP contribution in [0.4, 0.5) is 37.8 Å². The van der Waals surface area contributed by atoms with Crippen LogP contribution in [-0.2, 0) is 17.5 Å². The lowest BCUT2D eigenvalue weighted by molar-refractivity contribution is -0.167. The van der Waals surface area contributed by atoms with Crippen molar-refractivity contribution in [2.75, 3.05) is 31.4 Å². The SMILES string of the molecule is COc1cc2nc(C)nc(NCc3cc(N)cc(C(F)(F)F)c3F)c2cc1OCCOC1CC(F)(F)C1. The van der Waals surface area contributed by atoms with E-state index in [2.05, 4.69) is 15.3 Å². The van der Waals surface area contributed by atoms with Crippen LogP contribution in [0.2, 0.25) is 0 Å². The van der Waals surface area contributed by atoms with Gasteiger partial charge in [-0.15, -0.1) is 0 Å². The van der Waals surface area contributed by atoms with E-state index in [0.717, 1.165) is 6.07 Å². The number of methoxy groups -OCH3 is 1. The summed E-state index contributed by atoms with van der Waals surface area (Å²) in [6.07, 6.45) is -6.07. The van der Waals surface area contributed by atoms with Gasteiger partial charge in [-0.3, -0.25) is 0 Å². The number of hydrogen-bond acceptors (Lipinski definition) is 7. The van der Waals surface area contributed by atoms with Gasteiger partial charge < -0.3 is 25.3 Å². The van der Waals surface area contributed by atoms with Crippen molar-refractivity contribution >= 4 is 22.4 Å². The smallest absolute Gasteiger partial charge is 0.419 e. The largest absolute Gasteiger partial charge is 0.493 e. The van der Waals surface area contributed by atoms with Crippen LogP contribution < -0.4 is 20.5 Å². The van der Waals surface area contributed by atoms with Crippen LogP contribution in [0.15, 0.2) is 24.3 Å². The van der Waals surface area contributed by atoms with Gasteiger partial charge in [-0.1, -0.05) is 0 Å². The maximum atomic E-state index is 14.6. The molecule has 3 aromatic rings. The lowest BCUT2D eigenvalue weighted by Gasteiger charge is -2.34. The molecule has 13 heteroatoms. The molecule has 7 nitrogen and oxygen atoms in total. The first-order valence-corrected chi connectivity index (χ1v) is 11.2. The van der Waals surface area contributed by atoms with Gasteiger partial charge in [0.15, 0.2) is 11.5 Å². The zero-order valence-corrected chi connectivity index (χ0v) is 19.9. The molecule has 0 amide bonds. The van der Waals surface area contributed by atoms with Crippen molar-refractivity contribution in [1.82, 2.24) is 9.97 Å². The Labute approximate surface area is 207 Å². The molecule has 1 saturated carbocycles. The fourth-order valence-corrected chi connectivity index (χ4v) is 3.97. The van der Waals surface area contributed by atoms with Crippen LogP contribution in [0.5, 0.6) is 11.5 Å². The van der Waals surface area contributed by atoms with Crippen LogP contribution in [0.1, 0.15) is 29.8 Å². The number of rotatable bonds is 9. The van der Waals surface area contributed by atoms with Crippen molar-refractivity contribution in [1.29, 1.82) is 0 Å². The van der Waals surface area contributed by atoms with Gasteiger partial charge >= 0.3 is 6.18 Å². The molecule has 0 saturated heterocycles. The average Bonchev–Trinajstić information content (AvgIpc) is 2.79. The van der Waals surface area contributed by atoms with Gasteiger partial charge in [0.1, 0.15) is 24.1 Å². The molecule has 1 aliphatic carbocycles. The average molecular weight is 530 g/mol. The van der Waals surface area contributed by atoms with Crippen molar-refractivity contribution in [3.05, 3.63) is 47.0 Å². The van der Waals surface area contributed by atoms with E-state index in [1.54, 1.807) is 19.1 Å². The third-order valence-corrected chi connectivity index (χ3v) is 5.76. The standard InChI is InChI=1S/C24H24F6N4O3/c1-12-33-18-8-19(35-2)20(37-4-3-36-15-9-23(26,27)10-15)7-16(18)22(34-12)32-11-13-5-14(31)6-17(21(13)25)24(28,29)30/h5-8,15H,3-4,9-11,31H2,1-2H3,(H,32,33,34). The molecular weight excluding hydrogens is 506 g/mol. The van der Waals surface area contributed by atoms with Gasteiger partial charge in [0.25, 0.3) is 5.92 Å². The maximum Gasteiger partial charge on any atom is 0.419 e. The molecule has 0 unspecified atom stereocenters. The number of aromatic nitrogens is 2. The van der Waals surface area contributed by atoms with E-state index in [-0.39, 0.29) is 55.4 Å². The Morgan fingerprint density at radius 1 is 1.08 bits per heavy atom. The van der Waals surface area contributed by atoms with Gasteiger partial charge in [0.2, 0.25) is 0 Å². The summed E-state index contributed by atoms with van der Waals surface area (Å²) in [5, 5.41) is 3.29. The van der Waals surface area contributed by atoms with E-state index < -0.39 is 29.6 Å². The molecule has 0 aliphatic heterocycles. The van der Waals surface area contributed by atoms with E-state index >= 15 is 0 Å². The summed E-state index contributed by atoms with van der Waals surface area (Å²) < 4.78 is 96.4. The van der Waals surface area contributed by atoms with Gasteiger partial charge in [-0.05, 0) is 25.1 Å². The quantitative estimate of drug-likeness (QED) is 0.215. The first kappa shape index (κ1) is 26.6. The monoisotopic (exact) mass is 530 g/mol. The Hall–Kier alpha value is -3.48. The maximum absolute atomic E-state index is 14.6. The van der Waals surface area contributed by atoms with Gasteiger partial charge in [-0.2, -0.15) is 13.2 Å². The first-order chi connectivity index (χ1) is 17.4. The summed E-state index contributed by atoms with van der Waals surface area (Å²) in [6, 6.07) is 4.80. The second-order valence-electron chi connectivity index (χ2n) is 8.64. The summed E-state index contributed by atoms with van der Waals surface area (Å²) in [6.45, 7) is 1.40. The highest BCUT2D eigenvalue weighted by Crippen LogP contribution is 2.39. The van der Waals surface area contributed by atoms with Crippen molar-refractivity contribution in [3.8, 4) is 11.5 Å². The van der Waals surface area contributed by atoms with Crippen LogP contribution >= 0.6 is 0 Å². The number of hydrogen-bond donors (Lipinski definition) is 2. The Morgan fingerprint density at radius 2 is 1.81 bits per heavy atom. The fraction of sp³-hybridized carbons (Fsp3) is 0.417. The van der Waals surface area contributed by atoms with Crippen LogP contribution in [0, 0.1) is 12.7 Å². The third-order valence-electron chi connectivity index (χ3n) is 5.76. The zero-order chi connectivity index (χ0) is 27.0. The minimum atomic E-state index is -4.90. The minimum absolute atomic E-state index is 0.0497. The number of alkyl halides is 5. The normalized spacial score (nSPS) is 15.5. The number of aryl methyl sites for hydroxylation is 1. The highest BCUT2D eigenvalue weighted by Gasteiger charge is 2.46. The molecule has 200 valence electrons. The lowest BCUT2D eigenvalue weighted by Crippen LogP contribution is -2.41. The molecule has 0 atom stereocenters. The molecule has 0 bridgehead atoms. The Kier molecular flexibility index (Phi) is 7.27. The first-order valence-electron chi connectivity index (χ1n) is 11.2. The lowest BCUT2D eigenvalue weighted by atomic mass is 9.91. The summed E-state index contributed by atoms with van der Waals surface area (Å²) in [7, 11) is 1.43. The summed E-state index contributed by atoms with van der Waals surface area (Å²) in [5.74, 6) is -2.93. The summed E-state index contributed by atoms with van der Waals surface area (Å²) >= 11 is 0. The summed E-state index contributed by atoms with van der Waals surface area (Å²) in [4.78, 5) is 8.64. The van der Waals surface area contributed by atoms with Gasteiger partial charge in [0.05, 0.1) is 30.9 Å². The van der Waals surface area contributed by atoms with Gasteiger partial charge in [0, 0.05) is 42.1 Å². The molecule has 4 rings (SSSR count). The Balaban J connectivity index is 1.54. The van der Waals surface area contributed by atoms with E-state index in [9.17, 15) is 26.3 Å². The Bertz CT molecular complexity index is 1290. The molecule has 1 aromatic heterocycles. The second-order valence-corrected chi connectivity index (χ2v) is 8.64.